The fourth-order valence-corrected chi connectivity index (χ4v) is 3.17. The molecule has 1 aromatic carbocycles. The Bertz CT molecular complexity index is 766. The lowest BCUT2D eigenvalue weighted by Gasteiger charge is -2.09. The topological polar surface area (TPSA) is 112 Å². The normalized spacial score (nSPS) is 12.8. The zero-order valence-electron chi connectivity index (χ0n) is 12.2. The summed E-state index contributed by atoms with van der Waals surface area (Å²) in [5.74, 6) is -1.35. The van der Waals surface area contributed by atoms with Crippen LogP contribution in [0.25, 0.3) is 0 Å². The fourth-order valence-electron chi connectivity index (χ4n) is 1.97. The van der Waals surface area contributed by atoms with Crippen molar-refractivity contribution in [3.63, 3.8) is 0 Å². The summed E-state index contributed by atoms with van der Waals surface area (Å²) in [5, 5.41) is 15.2. The number of sulfonamides is 1. The predicted octanol–water partition coefficient (Wildman–Crippen LogP) is 1.78. The van der Waals surface area contributed by atoms with Crippen molar-refractivity contribution in [3.05, 3.63) is 41.7 Å². The van der Waals surface area contributed by atoms with Gasteiger partial charge in [0.2, 0.25) is 0 Å². The Labute approximate surface area is 128 Å². The van der Waals surface area contributed by atoms with Crippen LogP contribution in [0.15, 0.2) is 35.4 Å². The number of aromatic nitrogens is 2. The molecule has 0 radical (unpaired) electrons. The van der Waals surface area contributed by atoms with E-state index >= 15 is 0 Å². The van der Waals surface area contributed by atoms with Crippen molar-refractivity contribution in [2.45, 2.75) is 25.2 Å². The highest BCUT2D eigenvalue weighted by Gasteiger charge is 2.18. The van der Waals surface area contributed by atoms with Crippen LogP contribution < -0.4 is 4.72 Å². The van der Waals surface area contributed by atoms with E-state index in [9.17, 15) is 13.2 Å². The van der Waals surface area contributed by atoms with Gasteiger partial charge in [-0.2, -0.15) is 5.10 Å². The maximum atomic E-state index is 12.2. The summed E-state index contributed by atoms with van der Waals surface area (Å²) in [6, 6.07) is 6.63. The number of H-pyrrole nitrogens is 1. The maximum Gasteiger partial charge on any atom is 0.306 e. The molecule has 3 N–H and O–H groups in total. The number of hydrogen-bond donors (Lipinski definition) is 3. The lowest BCUT2D eigenvalue weighted by Crippen LogP contribution is -2.14. The molecule has 1 heterocycles. The number of aryl methyl sites for hydroxylation is 1. The van der Waals surface area contributed by atoms with Crippen molar-refractivity contribution in [1.82, 2.24) is 10.2 Å². The Morgan fingerprint density at radius 2 is 2.00 bits per heavy atom. The molecule has 7 nitrogen and oxygen atoms in total. The molecule has 0 saturated carbocycles. The van der Waals surface area contributed by atoms with Gasteiger partial charge in [0.05, 0.1) is 17.8 Å². The van der Waals surface area contributed by atoms with Gasteiger partial charge in [-0.25, -0.2) is 8.42 Å². The molecular formula is C14H17N3O4S. The van der Waals surface area contributed by atoms with Crippen molar-refractivity contribution < 1.29 is 18.3 Å². The van der Waals surface area contributed by atoms with Crippen molar-refractivity contribution >= 4 is 21.7 Å². The number of carboxylic acid groups (broad SMARTS) is 1. The van der Waals surface area contributed by atoms with Gasteiger partial charge >= 0.3 is 5.97 Å². The fraction of sp³-hybridized carbons (Fsp3) is 0.286. The van der Waals surface area contributed by atoms with E-state index < -0.39 is 21.9 Å². The number of carbonyl (C=O) groups is 1. The van der Waals surface area contributed by atoms with Crippen LogP contribution in [0.2, 0.25) is 0 Å². The molecule has 0 spiro atoms. The molecule has 0 amide bonds. The molecule has 2 rings (SSSR count). The third kappa shape index (κ3) is 3.64. The number of aliphatic carboxylic acids is 1. The van der Waals surface area contributed by atoms with E-state index in [1.54, 1.807) is 38.1 Å². The second kappa shape index (κ2) is 6.18. The SMILES string of the molecule is Cc1[nH]ncc1S(=O)(=O)Nc1ccc(CC(C)C(=O)O)cc1. The molecule has 2 aromatic rings. The summed E-state index contributed by atoms with van der Waals surface area (Å²) in [7, 11) is -3.69. The van der Waals surface area contributed by atoms with Crippen molar-refractivity contribution in [1.29, 1.82) is 0 Å². The van der Waals surface area contributed by atoms with Crippen LogP contribution in [-0.2, 0) is 21.2 Å². The predicted molar refractivity (Wildman–Crippen MR) is 81.1 cm³/mol. The number of anilines is 1. The standard InChI is InChI=1S/C14H17N3O4S/c1-9(14(18)19)7-11-3-5-12(6-4-11)17-22(20,21)13-8-15-16-10(13)2/h3-6,8-9,17H,7H2,1-2H3,(H,15,16)(H,18,19). The molecule has 22 heavy (non-hydrogen) atoms. The van der Waals surface area contributed by atoms with Gasteiger partial charge in [0.15, 0.2) is 0 Å². The van der Waals surface area contributed by atoms with Gasteiger partial charge < -0.3 is 5.11 Å². The van der Waals surface area contributed by atoms with Crippen LogP contribution in [0.1, 0.15) is 18.2 Å². The highest BCUT2D eigenvalue weighted by molar-refractivity contribution is 7.92. The highest BCUT2D eigenvalue weighted by Crippen LogP contribution is 2.19. The summed E-state index contributed by atoms with van der Waals surface area (Å²) in [6.45, 7) is 3.25. The van der Waals surface area contributed by atoms with Crippen LogP contribution in [-0.4, -0.2) is 29.7 Å². The van der Waals surface area contributed by atoms with Gasteiger partial charge in [-0.1, -0.05) is 19.1 Å². The smallest absolute Gasteiger partial charge is 0.306 e. The van der Waals surface area contributed by atoms with E-state index in [4.69, 9.17) is 5.11 Å². The largest absolute Gasteiger partial charge is 0.481 e. The second-order valence-corrected chi connectivity index (χ2v) is 6.76. The summed E-state index contributed by atoms with van der Waals surface area (Å²) in [6.07, 6.45) is 1.64. The molecule has 0 aliphatic carbocycles. The van der Waals surface area contributed by atoms with Crippen LogP contribution in [0.3, 0.4) is 0 Å². The molecule has 0 bridgehead atoms. The third-order valence-corrected chi connectivity index (χ3v) is 4.74. The molecule has 1 unspecified atom stereocenters. The Balaban J connectivity index is 2.12. The quantitative estimate of drug-likeness (QED) is 0.750. The molecule has 0 aliphatic rings. The molecular weight excluding hydrogens is 306 g/mol. The average molecular weight is 323 g/mol. The lowest BCUT2D eigenvalue weighted by atomic mass is 10.0. The zero-order chi connectivity index (χ0) is 16.3. The zero-order valence-corrected chi connectivity index (χ0v) is 13.0. The van der Waals surface area contributed by atoms with Gasteiger partial charge in [-0.3, -0.25) is 14.6 Å². The number of benzene rings is 1. The summed E-state index contributed by atoms with van der Waals surface area (Å²) >= 11 is 0. The first-order valence-corrected chi connectivity index (χ1v) is 8.12. The van der Waals surface area contributed by atoms with E-state index in [0.717, 1.165) is 5.56 Å². The van der Waals surface area contributed by atoms with E-state index in [1.165, 1.54) is 6.20 Å². The first-order valence-electron chi connectivity index (χ1n) is 6.64. The minimum Gasteiger partial charge on any atom is -0.481 e. The van der Waals surface area contributed by atoms with Crippen molar-refractivity contribution in [2.75, 3.05) is 4.72 Å². The van der Waals surface area contributed by atoms with E-state index in [1.807, 2.05) is 0 Å². The van der Waals surface area contributed by atoms with Gasteiger partial charge in [-0.15, -0.1) is 0 Å². The maximum absolute atomic E-state index is 12.2. The van der Waals surface area contributed by atoms with E-state index in [-0.39, 0.29) is 4.90 Å². The third-order valence-electron chi connectivity index (χ3n) is 3.24. The van der Waals surface area contributed by atoms with E-state index in [0.29, 0.717) is 17.8 Å². The molecule has 1 aromatic heterocycles. The first-order chi connectivity index (χ1) is 10.3. The van der Waals surface area contributed by atoms with Gasteiger partial charge in [0, 0.05) is 5.69 Å². The molecule has 1 atom stereocenters. The molecule has 0 saturated heterocycles. The number of hydrogen-bond acceptors (Lipinski definition) is 4. The molecule has 118 valence electrons. The molecule has 0 fully saturated rings. The summed E-state index contributed by atoms with van der Waals surface area (Å²) < 4.78 is 26.8. The first kappa shape index (κ1) is 16.0. The Morgan fingerprint density at radius 1 is 1.36 bits per heavy atom. The Hall–Kier alpha value is -2.35. The van der Waals surface area contributed by atoms with Crippen LogP contribution in [0.4, 0.5) is 5.69 Å². The van der Waals surface area contributed by atoms with Crippen molar-refractivity contribution in [2.24, 2.45) is 5.92 Å². The number of nitrogens with zero attached hydrogens (tertiary/aromatic N) is 1. The minimum absolute atomic E-state index is 0.0936. The van der Waals surface area contributed by atoms with Gasteiger partial charge in [0.1, 0.15) is 4.90 Å². The molecule has 0 aliphatic heterocycles. The monoisotopic (exact) mass is 323 g/mol. The van der Waals surface area contributed by atoms with Crippen LogP contribution in [0, 0.1) is 12.8 Å². The number of aromatic amines is 1. The van der Waals surface area contributed by atoms with Crippen molar-refractivity contribution in [3.8, 4) is 0 Å². The van der Waals surface area contributed by atoms with Crippen LogP contribution >= 0.6 is 0 Å². The van der Waals surface area contributed by atoms with Gasteiger partial charge in [0.25, 0.3) is 10.0 Å². The highest BCUT2D eigenvalue weighted by atomic mass is 32.2. The average Bonchev–Trinajstić information content (AvgIpc) is 2.87. The van der Waals surface area contributed by atoms with Gasteiger partial charge in [-0.05, 0) is 31.0 Å². The number of rotatable bonds is 6. The number of carboxylic acids is 1. The Kier molecular flexibility index (Phi) is 4.51. The Morgan fingerprint density at radius 3 is 2.50 bits per heavy atom. The van der Waals surface area contributed by atoms with E-state index in [2.05, 4.69) is 14.9 Å². The molecule has 8 heteroatoms. The lowest BCUT2D eigenvalue weighted by molar-refractivity contribution is -0.141. The summed E-state index contributed by atoms with van der Waals surface area (Å²) in [5.41, 5.74) is 1.70. The second-order valence-electron chi connectivity index (χ2n) is 5.11. The minimum atomic E-state index is -3.69. The summed E-state index contributed by atoms with van der Waals surface area (Å²) in [4.78, 5) is 10.9. The number of nitrogens with one attached hydrogen (secondary N) is 2. The van der Waals surface area contributed by atoms with Crippen LogP contribution in [0.5, 0.6) is 0 Å².